The van der Waals surface area contributed by atoms with Gasteiger partial charge >= 0.3 is 0 Å². The van der Waals surface area contributed by atoms with Gasteiger partial charge < -0.3 is 20.1 Å². The lowest BCUT2D eigenvalue weighted by atomic mass is 9.96. The van der Waals surface area contributed by atoms with Crippen LogP contribution >= 0.6 is 12.2 Å². The van der Waals surface area contributed by atoms with Crippen LogP contribution in [0.2, 0.25) is 0 Å². The van der Waals surface area contributed by atoms with Crippen molar-refractivity contribution in [3.05, 3.63) is 76.9 Å². The molecule has 1 aromatic carbocycles. The minimum absolute atomic E-state index is 0.00780. The van der Waals surface area contributed by atoms with E-state index in [1.165, 1.54) is 17.0 Å². The number of carbonyl (C=O) groups excluding carboxylic acids is 1. The maximum atomic E-state index is 12.3. The SMILES string of the molecule is Cc1cc(N2C(=S)N[C@H](c3ccccn3)[C@@H]2c2cc(C)n(C(C)C)c2C)ccc1NC(=O)C(C)C. The molecule has 0 aliphatic carbocycles. The molecular formula is C28H35N5OS. The van der Waals surface area contributed by atoms with Crippen LogP contribution in [0.15, 0.2) is 48.7 Å². The highest BCUT2D eigenvalue weighted by atomic mass is 32.1. The smallest absolute Gasteiger partial charge is 0.226 e. The van der Waals surface area contributed by atoms with E-state index in [1.54, 1.807) is 0 Å². The summed E-state index contributed by atoms with van der Waals surface area (Å²) in [6.45, 7) is 14.6. The lowest BCUT2D eigenvalue weighted by Crippen LogP contribution is -2.29. The molecule has 0 unspecified atom stereocenters. The minimum atomic E-state index is -0.0922. The highest BCUT2D eigenvalue weighted by Crippen LogP contribution is 2.44. The number of amides is 1. The Balaban J connectivity index is 1.81. The molecule has 3 aromatic rings. The second kappa shape index (κ2) is 9.82. The van der Waals surface area contributed by atoms with E-state index in [0.717, 1.165) is 22.6 Å². The molecule has 6 nitrogen and oxygen atoms in total. The number of aryl methyl sites for hydroxylation is 2. The Bertz CT molecular complexity index is 1250. The largest absolute Gasteiger partial charge is 0.351 e. The Kier molecular flexibility index (Phi) is 6.99. The first-order chi connectivity index (χ1) is 16.6. The molecule has 0 bridgehead atoms. The zero-order valence-electron chi connectivity index (χ0n) is 21.6. The van der Waals surface area contributed by atoms with Crippen LogP contribution in [0.4, 0.5) is 11.4 Å². The van der Waals surface area contributed by atoms with Gasteiger partial charge in [-0.25, -0.2) is 0 Å². The third kappa shape index (κ3) is 4.69. The number of rotatable bonds is 6. The maximum Gasteiger partial charge on any atom is 0.226 e. The van der Waals surface area contributed by atoms with Crippen LogP contribution in [0, 0.1) is 26.7 Å². The molecule has 4 rings (SSSR count). The van der Waals surface area contributed by atoms with Gasteiger partial charge in [-0.3, -0.25) is 9.78 Å². The van der Waals surface area contributed by atoms with E-state index in [4.69, 9.17) is 12.2 Å². The van der Waals surface area contributed by atoms with Crippen LogP contribution < -0.4 is 15.5 Å². The van der Waals surface area contributed by atoms with Gasteiger partial charge in [0.2, 0.25) is 5.91 Å². The summed E-state index contributed by atoms with van der Waals surface area (Å²) < 4.78 is 2.38. The highest BCUT2D eigenvalue weighted by molar-refractivity contribution is 7.80. The predicted octanol–water partition coefficient (Wildman–Crippen LogP) is 6.16. The van der Waals surface area contributed by atoms with Crippen molar-refractivity contribution in [2.24, 2.45) is 5.92 Å². The molecular weight excluding hydrogens is 454 g/mol. The van der Waals surface area contributed by atoms with Crippen molar-refractivity contribution in [2.45, 2.75) is 66.6 Å². The molecule has 35 heavy (non-hydrogen) atoms. The minimum Gasteiger partial charge on any atom is -0.351 e. The molecule has 0 spiro atoms. The average molecular weight is 490 g/mol. The Morgan fingerprint density at radius 1 is 1.09 bits per heavy atom. The molecule has 184 valence electrons. The van der Waals surface area contributed by atoms with E-state index >= 15 is 0 Å². The van der Waals surface area contributed by atoms with E-state index < -0.39 is 0 Å². The van der Waals surface area contributed by atoms with Gasteiger partial charge in [-0.15, -0.1) is 0 Å². The number of nitrogens with one attached hydrogen (secondary N) is 2. The summed E-state index contributed by atoms with van der Waals surface area (Å²) in [4.78, 5) is 19.1. The van der Waals surface area contributed by atoms with E-state index in [0.29, 0.717) is 11.2 Å². The number of anilines is 2. The monoisotopic (exact) mass is 489 g/mol. The zero-order valence-corrected chi connectivity index (χ0v) is 22.4. The summed E-state index contributed by atoms with van der Waals surface area (Å²) >= 11 is 5.90. The van der Waals surface area contributed by atoms with Crippen molar-refractivity contribution in [1.29, 1.82) is 0 Å². The molecule has 2 N–H and O–H groups in total. The van der Waals surface area contributed by atoms with Crippen LogP contribution in [-0.4, -0.2) is 20.6 Å². The Hall–Kier alpha value is -3.19. The Labute approximate surface area is 213 Å². The summed E-state index contributed by atoms with van der Waals surface area (Å²) in [6, 6.07) is 14.6. The van der Waals surface area contributed by atoms with Gasteiger partial charge in [-0.1, -0.05) is 19.9 Å². The lowest BCUT2D eigenvalue weighted by Gasteiger charge is -2.29. The van der Waals surface area contributed by atoms with Gasteiger partial charge in [0.25, 0.3) is 0 Å². The fourth-order valence-electron chi connectivity index (χ4n) is 5.06. The number of pyridine rings is 1. The summed E-state index contributed by atoms with van der Waals surface area (Å²) in [5.41, 5.74) is 7.45. The standard InChI is InChI=1S/C28H35N5OS/c1-16(2)27(34)30-23-12-11-21(14-18(23)5)33-26(22-15-19(6)32(17(3)4)20(22)7)25(31-28(33)35)24-10-8-9-13-29-24/h8-17,25-26H,1-7H3,(H,30,34)(H,31,35)/t25-,26+/m1/s1. The third-order valence-corrected chi connectivity index (χ3v) is 7.04. The topological polar surface area (TPSA) is 62.2 Å². The van der Waals surface area contributed by atoms with Crippen molar-refractivity contribution in [3.8, 4) is 0 Å². The molecule has 1 saturated heterocycles. The number of thiocarbonyl (C=S) groups is 1. The molecule has 1 amide bonds. The van der Waals surface area contributed by atoms with E-state index in [1.807, 2.05) is 57.3 Å². The first kappa shape index (κ1) is 24.9. The van der Waals surface area contributed by atoms with Gasteiger partial charge in [0.05, 0.1) is 17.8 Å². The van der Waals surface area contributed by atoms with Crippen LogP contribution in [0.5, 0.6) is 0 Å². The second-order valence-corrected chi connectivity index (χ2v) is 10.3. The van der Waals surface area contributed by atoms with Crippen LogP contribution in [-0.2, 0) is 4.79 Å². The van der Waals surface area contributed by atoms with E-state index in [2.05, 4.69) is 64.9 Å². The van der Waals surface area contributed by atoms with Gasteiger partial charge in [0.15, 0.2) is 5.11 Å². The van der Waals surface area contributed by atoms with Crippen LogP contribution in [0.25, 0.3) is 0 Å². The number of carbonyl (C=O) groups is 1. The summed E-state index contributed by atoms with van der Waals surface area (Å²) in [5, 5.41) is 7.24. The van der Waals surface area contributed by atoms with Crippen LogP contribution in [0.1, 0.15) is 74.0 Å². The van der Waals surface area contributed by atoms with Gasteiger partial charge in [0.1, 0.15) is 0 Å². The summed E-state index contributed by atoms with van der Waals surface area (Å²) in [7, 11) is 0. The molecule has 2 atom stereocenters. The number of benzene rings is 1. The number of aromatic nitrogens is 2. The average Bonchev–Trinajstić information content (AvgIpc) is 3.30. The Morgan fingerprint density at radius 3 is 2.40 bits per heavy atom. The molecule has 1 aliphatic rings. The quantitative estimate of drug-likeness (QED) is 0.406. The van der Waals surface area contributed by atoms with Crippen molar-refractivity contribution < 1.29 is 4.79 Å². The van der Waals surface area contributed by atoms with E-state index in [-0.39, 0.29) is 23.9 Å². The van der Waals surface area contributed by atoms with Gasteiger partial charge in [-0.05, 0) is 94.4 Å². The molecule has 0 saturated carbocycles. The third-order valence-electron chi connectivity index (χ3n) is 6.73. The first-order valence-corrected chi connectivity index (χ1v) is 12.6. The molecule has 7 heteroatoms. The summed E-state index contributed by atoms with van der Waals surface area (Å²) in [5.74, 6) is -0.0717. The predicted molar refractivity (Wildman–Crippen MR) is 147 cm³/mol. The molecule has 1 aliphatic heterocycles. The fourth-order valence-corrected chi connectivity index (χ4v) is 5.41. The molecule has 0 radical (unpaired) electrons. The molecule has 3 heterocycles. The van der Waals surface area contributed by atoms with Crippen molar-refractivity contribution in [3.63, 3.8) is 0 Å². The zero-order chi connectivity index (χ0) is 25.4. The van der Waals surface area contributed by atoms with Crippen LogP contribution in [0.3, 0.4) is 0 Å². The van der Waals surface area contributed by atoms with Crippen molar-refractivity contribution in [2.75, 3.05) is 10.2 Å². The second-order valence-electron chi connectivity index (χ2n) is 9.93. The molecule has 2 aromatic heterocycles. The Morgan fingerprint density at radius 2 is 1.83 bits per heavy atom. The van der Waals surface area contributed by atoms with E-state index in [9.17, 15) is 4.79 Å². The number of hydrogen-bond acceptors (Lipinski definition) is 3. The molecule has 1 fully saturated rings. The first-order valence-electron chi connectivity index (χ1n) is 12.2. The lowest BCUT2D eigenvalue weighted by molar-refractivity contribution is -0.118. The highest BCUT2D eigenvalue weighted by Gasteiger charge is 2.42. The summed E-state index contributed by atoms with van der Waals surface area (Å²) in [6.07, 6.45) is 1.83. The number of nitrogens with zero attached hydrogens (tertiary/aromatic N) is 3. The maximum absolute atomic E-state index is 12.3. The normalized spacial score (nSPS) is 17.9. The van der Waals surface area contributed by atoms with Crippen molar-refractivity contribution in [1.82, 2.24) is 14.9 Å². The van der Waals surface area contributed by atoms with Gasteiger partial charge in [-0.2, -0.15) is 0 Å². The number of hydrogen-bond donors (Lipinski definition) is 2. The van der Waals surface area contributed by atoms with Gasteiger partial charge in [0, 0.05) is 40.9 Å². The van der Waals surface area contributed by atoms with Crippen molar-refractivity contribution >= 4 is 34.6 Å². The fraction of sp³-hybridized carbons (Fsp3) is 0.393.